The highest BCUT2D eigenvalue weighted by Gasteiger charge is 2.27. The van der Waals surface area contributed by atoms with Gasteiger partial charge in [-0.25, -0.2) is 0 Å². The molecule has 100 valence electrons. The molecular weight excluding hydrogens is 222 g/mol. The van der Waals surface area contributed by atoms with Crippen molar-refractivity contribution >= 4 is 5.69 Å². The highest BCUT2D eigenvalue weighted by Crippen LogP contribution is 2.27. The van der Waals surface area contributed by atoms with Crippen LogP contribution in [0.25, 0.3) is 0 Å². The zero-order chi connectivity index (χ0) is 13.3. The predicted octanol–water partition coefficient (Wildman–Crippen LogP) is 3.73. The molecule has 1 aliphatic heterocycles. The van der Waals surface area contributed by atoms with Crippen LogP contribution in [0.4, 0.5) is 5.69 Å². The van der Waals surface area contributed by atoms with Crippen molar-refractivity contribution in [1.82, 2.24) is 0 Å². The van der Waals surface area contributed by atoms with Gasteiger partial charge in [-0.3, -0.25) is 0 Å². The Hall–Kier alpha value is -1.02. The number of benzene rings is 1. The van der Waals surface area contributed by atoms with Crippen molar-refractivity contribution in [3.8, 4) is 0 Å². The lowest BCUT2D eigenvalue weighted by atomic mass is 9.97. The fraction of sp³-hybridized carbons (Fsp3) is 0.625. The van der Waals surface area contributed by atoms with Gasteiger partial charge in [0.25, 0.3) is 0 Å². The Morgan fingerprint density at radius 1 is 1.28 bits per heavy atom. The van der Waals surface area contributed by atoms with Crippen LogP contribution in [0.5, 0.6) is 0 Å². The van der Waals surface area contributed by atoms with Crippen LogP contribution in [-0.2, 0) is 4.74 Å². The SMILES string of the molecule is Cc1cc(N2CCOC(C)(C)C2)ccc1C(C)C. The molecule has 1 aromatic carbocycles. The molecule has 0 radical (unpaired) electrons. The second-order valence-electron chi connectivity index (χ2n) is 6.23. The van der Waals surface area contributed by atoms with Crippen molar-refractivity contribution < 1.29 is 4.74 Å². The molecule has 0 N–H and O–H groups in total. The lowest BCUT2D eigenvalue weighted by molar-refractivity contribution is -0.0276. The number of morpholine rings is 1. The number of hydrogen-bond acceptors (Lipinski definition) is 2. The molecule has 0 spiro atoms. The van der Waals surface area contributed by atoms with E-state index in [1.165, 1.54) is 16.8 Å². The Morgan fingerprint density at radius 2 is 2.00 bits per heavy atom. The molecule has 1 heterocycles. The maximum Gasteiger partial charge on any atom is 0.0801 e. The maximum atomic E-state index is 5.77. The van der Waals surface area contributed by atoms with E-state index in [9.17, 15) is 0 Å². The Balaban J connectivity index is 2.21. The van der Waals surface area contributed by atoms with Crippen LogP contribution in [0.2, 0.25) is 0 Å². The Bertz CT molecular complexity index is 423. The summed E-state index contributed by atoms with van der Waals surface area (Å²) in [6.45, 7) is 13.8. The zero-order valence-electron chi connectivity index (χ0n) is 12.3. The lowest BCUT2D eigenvalue weighted by Gasteiger charge is -2.39. The molecule has 18 heavy (non-hydrogen) atoms. The van der Waals surface area contributed by atoms with Gasteiger partial charge in [0.2, 0.25) is 0 Å². The van der Waals surface area contributed by atoms with Crippen molar-refractivity contribution in [2.75, 3.05) is 24.6 Å². The molecule has 2 rings (SSSR count). The van der Waals surface area contributed by atoms with Crippen LogP contribution < -0.4 is 4.90 Å². The van der Waals surface area contributed by atoms with E-state index in [1.54, 1.807) is 0 Å². The van der Waals surface area contributed by atoms with E-state index in [2.05, 4.69) is 57.7 Å². The molecule has 0 aliphatic carbocycles. The average molecular weight is 247 g/mol. The van der Waals surface area contributed by atoms with Gasteiger partial charge in [0, 0.05) is 18.8 Å². The fourth-order valence-corrected chi connectivity index (χ4v) is 2.74. The van der Waals surface area contributed by atoms with Gasteiger partial charge >= 0.3 is 0 Å². The normalized spacial score (nSPS) is 19.3. The summed E-state index contributed by atoms with van der Waals surface area (Å²) in [6, 6.07) is 6.85. The third-order valence-corrected chi connectivity index (χ3v) is 3.67. The molecule has 0 unspecified atom stereocenters. The number of hydrogen-bond donors (Lipinski definition) is 0. The smallest absolute Gasteiger partial charge is 0.0801 e. The van der Waals surface area contributed by atoms with Crippen LogP contribution in [0.3, 0.4) is 0 Å². The van der Waals surface area contributed by atoms with Crippen LogP contribution in [-0.4, -0.2) is 25.3 Å². The molecule has 2 heteroatoms. The quantitative estimate of drug-likeness (QED) is 0.789. The van der Waals surface area contributed by atoms with Gasteiger partial charge in [0.05, 0.1) is 12.2 Å². The van der Waals surface area contributed by atoms with Crippen molar-refractivity contribution in [1.29, 1.82) is 0 Å². The van der Waals surface area contributed by atoms with Crippen molar-refractivity contribution in [2.24, 2.45) is 0 Å². The Labute approximate surface area is 111 Å². The van der Waals surface area contributed by atoms with E-state index >= 15 is 0 Å². The van der Waals surface area contributed by atoms with Gasteiger partial charge in [0.15, 0.2) is 0 Å². The van der Waals surface area contributed by atoms with Crippen molar-refractivity contribution in [2.45, 2.75) is 46.1 Å². The Kier molecular flexibility index (Phi) is 3.67. The van der Waals surface area contributed by atoms with E-state index in [-0.39, 0.29) is 5.60 Å². The zero-order valence-corrected chi connectivity index (χ0v) is 12.3. The van der Waals surface area contributed by atoms with E-state index in [4.69, 9.17) is 4.74 Å². The minimum atomic E-state index is -0.0388. The number of rotatable bonds is 2. The molecule has 1 aliphatic rings. The number of nitrogens with zero attached hydrogens (tertiary/aromatic N) is 1. The van der Waals surface area contributed by atoms with Crippen molar-refractivity contribution in [3.63, 3.8) is 0 Å². The first-order chi connectivity index (χ1) is 8.39. The summed E-state index contributed by atoms with van der Waals surface area (Å²) in [6.07, 6.45) is 0. The van der Waals surface area contributed by atoms with E-state index in [1.807, 2.05) is 0 Å². The van der Waals surface area contributed by atoms with E-state index in [0.717, 1.165) is 19.7 Å². The molecular formula is C16H25NO. The monoisotopic (exact) mass is 247 g/mol. The minimum Gasteiger partial charge on any atom is -0.372 e. The van der Waals surface area contributed by atoms with Gasteiger partial charge < -0.3 is 9.64 Å². The molecule has 1 saturated heterocycles. The lowest BCUT2D eigenvalue weighted by Crippen LogP contribution is -2.48. The Morgan fingerprint density at radius 3 is 2.56 bits per heavy atom. The van der Waals surface area contributed by atoms with Gasteiger partial charge in [-0.2, -0.15) is 0 Å². The molecule has 2 nitrogen and oxygen atoms in total. The number of aryl methyl sites for hydroxylation is 1. The molecule has 0 saturated carbocycles. The van der Waals surface area contributed by atoms with Gasteiger partial charge in [-0.05, 0) is 49.9 Å². The van der Waals surface area contributed by atoms with Crippen LogP contribution in [0.15, 0.2) is 18.2 Å². The average Bonchev–Trinajstić information content (AvgIpc) is 2.27. The predicted molar refractivity (Wildman–Crippen MR) is 77.5 cm³/mol. The molecule has 0 aromatic heterocycles. The van der Waals surface area contributed by atoms with Gasteiger partial charge in [-0.1, -0.05) is 19.9 Å². The minimum absolute atomic E-state index is 0.0388. The molecule has 1 aromatic rings. The largest absolute Gasteiger partial charge is 0.372 e. The molecule has 0 bridgehead atoms. The summed E-state index contributed by atoms with van der Waals surface area (Å²) in [5.74, 6) is 0.597. The standard InChI is InChI=1S/C16H25NO/c1-12(2)15-7-6-14(10-13(15)3)17-8-9-18-16(4,5)11-17/h6-7,10,12H,8-9,11H2,1-5H3. The first-order valence-corrected chi connectivity index (χ1v) is 6.88. The highest BCUT2D eigenvalue weighted by molar-refractivity contribution is 5.52. The summed E-state index contributed by atoms with van der Waals surface area (Å²) in [4.78, 5) is 2.43. The summed E-state index contributed by atoms with van der Waals surface area (Å²) < 4.78 is 5.77. The van der Waals surface area contributed by atoms with Crippen LogP contribution in [0.1, 0.15) is 44.7 Å². The number of ether oxygens (including phenoxy) is 1. The summed E-state index contributed by atoms with van der Waals surface area (Å²) in [5.41, 5.74) is 4.13. The maximum absolute atomic E-state index is 5.77. The second kappa shape index (κ2) is 4.93. The topological polar surface area (TPSA) is 12.5 Å². The first kappa shape index (κ1) is 13.4. The fourth-order valence-electron chi connectivity index (χ4n) is 2.74. The van der Waals surface area contributed by atoms with Crippen LogP contribution in [0, 0.1) is 6.92 Å². The highest BCUT2D eigenvalue weighted by atomic mass is 16.5. The molecule has 0 atom stereocenters. The van der Waals surface area contributed by atoms with Gasteiger partial charge in [0.1, 0.15) is 0 Å². The molecule has 0 amide bonds. The summed E-state index contributed by atoms with van der Waals surface area (Å²) >= 11 is 0. The van der Waals surface area contributed by atoms with Gasteiger partial charge in [-0.15, -0.1) is 0 Å². The third kappa shape index (κ3) is 2.86. The third-order valence-electron chi connectivity index (χ3n) is 3.67. The second-order valence-corrected chi connectivity index (χ2v) is 6.23. The molecule has 1 fully saturated rings. The van der Waals surface area contributed by atoms with Crippen molar-refractivity contribution in [3.05, 3.63) is 29.3 Å². The summed E-state index contributed by atoms with van der Waals surface area (Å²) in [5, 5.41) is 0. The summed E-state index contributed by atoms with van der Waals surface area (Å²) in [7, 11) is 0. The first-order valence-electron chi connectivity index (χ1n) is 6.88. The van der Waals surface area contributed by atoms with E-state index < -0.39 is 0 Å². The number of anilines is 1. The van der Waals surface area contributed by atoms with Crippen LogP contribution >= 0.6 is 0 Å². The van der Waals surface area contributed by atoms with E-state index in [0.29, 0.717) is 5.92 Å².